The summed E-state index contributed by atoms with van der Waals surface area (Å²) in [4.78, 5) is 23.5. The van der Waals surface area contributed by atoms with E-state index in [1.165, 1.54) is 0 Å². The minimum Gasteiger partial charge on any atom is -0.490 e. The molecule has 0 bridgehead atoms. The van der Waals surface area contributed by atoms with E-state index < -0.39 is 0 Å². The highest BCUT2D eigenvalue weighted by molar-refractivity contribution is 5.92. The fourth-order valence-electron chi connectivity index (χ4n) is 3.65. The van der Waals surface area contributed by atoms with Crippen molar-refractivity contribution in [3.8, 4) is 17.4 Å². The third kappa shape index (κ3) is 5.82. The smallest absolute Gasteiger partial charge is 0.238 e. The quantitative estimate of drug-likeness (QED) is 0.653. The van der Waals surface area contributed by atoms with Gasteiger partial charge < -0.3 is 14.8 Å². The number of pyridine rings is 2. The maximum absolute atomic E-state index is 12.8. The summed E-state index contributed by atoms with van der Waals surface area (Å²) >= 11 is 0. The number of nitrogens with one attached hydrogen (secondary N) is 1. The summed E-state index contributed by atoms with van der Waals surface area (Å²) in [5.74, 6) is 1.83. The van der Waals surface area contributed by atoms with Gasteiger partial charge in [0.1, 0.15) is 0 Å². The number of fused-ring (bicyclic) bond motifs is 2. The number of anilines is 1. The maximum atomic E-state index is 12.8. The van der Waals surface area contributed by atoms with Crippen LogP contribution >= 0.6 is 0 Å². The van der Waals surface area contributed by atoms with E-state index in [1.54, 1.807) is 18.6 Å². The molecular weight excluding hydrogens is 404 g/mol. The number of ether oxygens (including phenoxy) is 2. The van der Waals surface area contributed by atoms with Gasteiger partial charge >= 0.3 is 0 Å². The Labute approximate surface area is 188 Å². The topological polar surface area (TPSA) is 76.6 Å². The van der Waals surface area contributed by atoms with E-state index in [1.807, 2.05) is 49.4 Å². The summed E-state index contributed by atoms with van der Waals surface area (Å²) in [6.45, 7) is 4.19. The van der Waals surface area contributed by atoms with E-state index in [9.17, 15) is 4.79 Å². The highest BCUT2D eigenvalue weighted by atomic mass is 16.5. The first kappa shape index (κ1) is 21.8. The van der Waals surface area contributed by atoms with Crippen molar-refractivity contribution in [1.82, 2.24) is 14.9 Å². The lowest BCUT2D eigenvalue weighted by Gasteiger charge is -2.23. The minimum atomic E-state index is -0.0522. The number of nitrogens with zero attached hydrogens (tertiary/aromatic N) is 3. The lowest BCUT2D eigenvalue weighted by molar-refractivity contribution is -0.117. The molecule has 1 aliphatic rings. The molecule has 0 atom stereocenters. The molecule has 0 unspecified atom stereocenters. The number of aryl methyl sites for hydroxylation is 1. The lowest BCUT2D eigenvalue weighted by Crippen LogP contribution is -2.34. The first-order valence-electron chi connectivity index (χ1n) is 11.0. The normalized spacial score (nSPS) is 14.9. The molecular formula is C25H28N4O3. The Hall–Kier alpha value is -3.45. The van der Waals surface area contributed by atoms with Crippen molar-refractivity contribution in [3.63, 3.8) is 0 Å². The fraction of sp³-hybridized carbons (Fsp3) is 0.320. The van der Waals surface area contributed by atoms with Gasteiger partial charge in [0.05, 0.1) is 13.2 Å². The van der Waals surface area contributed by atoms with Crippen molar-refractivity contribution >= 4 is 11.6 Å². The SMILES string of the molecule is Cc1cnccc1NC(=O)CN1CCCCCOc2ccccc2Oc2ncccc2C1. The number of benzene rings is 1. The minimum absolute atomic E-state index is 0.0522. The zero-order chi connectivity index (χ0) is 22.2. The van der Waals surface area contributed by atoms with Gasteiger partial charge in [-0.1, -0.05) is 18.2 Å². The van der Waals surface area contributed by atoms with Crippen LogP contribution in [0.2, 0.25) is 0 Å². The molecule has 7 nitrogen and oxygen atoms in total. The van der Waals surface area contributed by atoms with E-state index in [2.05, 4.69) is 20.2 Å². The second kappa shape index (κ2) is 10.7. The summed E-state index contributed by atoms with van der Waals surface area (Å²) in [7, 11) is 0. The van der Waals surface area contributed by atoms with Gasteiger partial charge in [-0.3, -0.25) is 14.7 Å². The predicted octanol–water partition coefficient (Wildman–Crippen LogP) is 4.58. The number of para-hydroxylation sites is 2. The molecule has 0 saturated carbocycles. The summed E-state index contributed by atoms with van der Waals surface area (Å²) in [5, 5.41) is 3.00. The molecule has 0 radical (unpaired) electrons. The third-order valence-corrected chi connectivity index (χ3v) is 5.34. The first-order chi connectivity index (χ1) is 15.7. The van der Waals surface area contributed by atoms with Crippen LogP contribution in [0.25, 0.3) is 0 Å². The highest BCUT2D eigenvalue weighted by Gasteiger charge is 2.17. The Morgan fingerprint density at radius 2 is 1.94 bits per heavy atom. The Morgan fingerprint density at radius 1 is 1.06 bits per heavy atom. The highest BCUT2D eigenvalue weighted by Crippen LogP contribution is 2.32. The number of hydrogen-bond acceptors (Lipinski definition) is 6. The molecule has 4 rings (SSSR count). The third-order valence-electron chi connectivity index (χ3n) is 5.34. The van der Waals surface area contributed by atoms with Crippen molar-refractivity contribution < 1.29 is 14.3 Å². The fourth-order valence-corrected chi connectivity index (χ4v) is 3.65. The van der Waals surface area contributed by atoms with Crippen molar-refractivity contribution in [2.24, 2.45) is 0 Å². The monoisotopic (exact) mass is 432 g/mol. The average molecular weight is 433 g/mol. The molecule has 0 saturated heterocycles. The van der Waals surface area contributed by atoms with E-state index in [0.29, 0.717) is 30.5 Å². The molecule has 1 N–H and O–H groups in total. The number of rotatable bonds is 3. The van der Waals surface area contributed by atoms with Crippen molar-refractivity contribution in [1.29, 1.82) is 0 Å². The lowest BCUT2D eigenvalue weighted by atomic mass is 10.2. The van der Waals surface area contributed by atoms with Gasteiger partial charge in [0.15, 0.2) is 11.5 Å². The predicted molar refractivity (Wildman–Crippen MR) is 123 cm³/mol. The molecule has 3 heterocycles. The molecule has 166 valence electrons. The molecule has 0 fully saturated rings. The molecule has 0 aliphatic carbocycles. The zero-order valence-corrected chi connectivity index (χ0v) is 18.3. The van der Waals surface area contributed by atoms with Crippen molar-refractivity contribution in [2.45, 2.75) is 32.7 Å². The van der Waals surface area contributed by atoms with Crippen LogP contribution in [-0.2, 0) is 11.3 Å². The maximum Gasteiger partial charge on any atom is 0.238 e. The van der Waals surface area contributed by atoms with Crippen LogP contribution in [0.5, 0.6) is 17.4 Å². The van der Waals surface area contributed by atoms with Crippen LogP contribution in [0.3, 0.4) is 0 Å². The molecule has 0 spiro atoms. The van der Waals surface area contributed by atoms with Crippen LogP contribution in [0.1, 0.15) is 30.4 Å². The van der Waals surface area contributed by atoms with Crippen LogP contribution in [0.4, 0.5) is 5.69 Å². The van der Waals surface area contributed by atoms with Crippen molar-refractivity contribution in [3.05, 3.63) is 72.2 Å². The van der Waals surface area contributed by atoms with E-state index >= 15 is 0 Å². The molecule has 3 aromatic rings. The average Bonchev–Trinajstić information content (AvgIpc) is 2.80. The van der Waals surface area contributed by atoms with E-state index in [-0.39, 0.29) is 12.5 Å². The Morgan fingerprint density at radius 3 is 2.81 bits per heavy atom. The molecule has 2 aromatic heterocycles. The van der Waals surface area contributed by atoms with Gasteiger partial charge in [-0.25, -0.2) is 4.98 Å². The van der Waals surface area contributed by atoms with E-state index in [4.69, 9.17) is 9.47 Å². The molecule has 7 heteroatoms. The van der Waals surface area contributed by atoms with Gasteiger partial charge in [0.2, 0.25) is 11.8 Å². The van der Waals surface area contributed by atoms with Crippen LogP contribution < -0.4 is 14.8 Å². The van der Waals surface area contributed by atoms with Crippen LogP contribution in [0, 0.1) is 6.92 Å². The number of hydrogen-bond donors (Lipinski definition) is 1. The van der Waals surface area contributed by atoms with Crippen molar-refractivity contribution in [2.75, 3.05) is 25.0 Å². The standard InChI is InChI=1S/C25H28N4O3/c1-19-16-26-13-11-21(19)28-24(30)18-29-14-5-2-6-15-31-22-9-3-4-10-23(22)32-25-20(17-29)8-7-12-27-25/h3-4,7-13,16H,2,5-6,14-15,17-18H2,1H3,(H,26,28,30). The summed E-state index contributed by atoms with van der Waals surface area (Å²) < 4.78 is 12.1. The van der Waals surface area contributed by atoms with Gasteiger partial charge in [0, 0.05) is 36.4 Å². The number of amides is 1. The van der Waals surface area contributed by atoms with Gasteiger partial charge in [0.25, 0.3) is 0 Å². The molecule has 1 aliphatic heterocycles. The largest absolute Gasteiger partial charge is 0.490 e. The molecule has 32 heavy (non-hydrogen) atoms. The van der Waals surface area contributed by atoms with Gasteiger partial charge in [-0.2, -0.15) is 0 Å². The van der Waals surface area contributed by atoms with Gasteiger partial charge in [-0.15, -0.1) is 0 Å². The summed E-state index contributed by atoms with van der Waals surface area (Å²) in [5.41, 5.74) is 2.65. The van der Waals surface area contributed by atoms with Gasteiger partial charge in [-0.05, 0) is 62.6 Å². The number of carbonyl (C=O) groups is 1. The summed E-state index contributed by atoms with van der Waals surface area (Å²) in [6.07, 6.45) is 8.07. The zero-order valence-electron chi connectivity index (χ0n) is 18.3. The van der Waals surface area contributed by atoms with Crippen LogP contribution in [0.15, 0.2) is 61.1 Å². The Balaban J connectivity index is 1.53. The van der Waals surface area contributed by atoms with Crippen LogP contribution in [-0.4, -0.2) is 40.5 Å². The Kier molecular flexibility index (Phi) is 7.30. The molecule has 1 amide bonds. The number of aromatic nitrogens is 2. The van der Waals surface area contributed by atoms with E-state index in [0.717, 1.165) is 42.6 Å². The number of carbonyl (C=O) groups excluding carboxylic acids is 1. The second-order valence-corrected chi connectivity index (χ2v) is 7.88. The summed E-state index contributed by atoms with van der Waals surface area (Å²) in [6, 6.07) is 13.3. The first-order valence-corrected chi connectivity index (χ1v) is 11.0. The second-order valence-electron chi connectivity index (χ2n) is 7.88. The molecule has 1 aromatic carbocycles. The Bertz CT molecular complexity index is 1060.